The van der Waals surface area contributed by atoms with Gasteiger partial charge >= 0.3 is 0 Å². The summed E-state index contributed by atoms with van der Waals surface area (Å²) in [5, 5.41) is 3.81. The first-order chi connectivity index (χ1) is 9.90. The summed E-state index contributed by atoms with van der Waals surface area (Å²) in [5.41, 5.74) is 2.91. The summed E-state index contributed by atoms with van der Waals surface area (Å²) in [4.78, 5) is 0. The molecule has 1 aliphatic heterocycles. The van der Waals surface area contributed by atoms with Gasteiger partial charge in [0, 0.05) is 12.1 Å². The molecule has 2 aromatic carbocycles. The maximum absolute atomic E-state index is 3.81. The van der Waals surface area contributed by atoms with Crippen molar-refractivity contribution in [1.29, 1.82) is 0 Å². The summed E-state index contributed by atoms with van der Waals surface area (Å²) >= 11 is 0. The van der Waals surface area contributed by atoms with E-state index in [4.69, 9.17) is 0 Å². The van der Waals surface area contributed by atoms with Gasteiger partial charge in [-0.2, -0.15) is 0 Å². The fraction of sp³-hybridized carbons (Fsp3) is 0.368. The van der Waals surface area contributed by atoms with Crippen molar-refractivity contribution in [1.82, 2.24) is 5.32 Å². The van der Waals surface area contributed by atoms with E-state index >= 15 is 0 Å². The second-order valence-electron chi connectivity index (χ2n) is 5.85. The van der Waals surface area contributed by atoms with Crippen LogP contribution in [-0.4, -0.2) is 12.1 Å². The Morgan fingerprint density at radius 1 is 0.762 bits per heavy atom. The first-order valence-electron chi connectivity index (χ1n) is 7.74. The van der Waals surface area contributed by atoms with Crippen molar-refractivity contribution < 1.29 is 0 Å². The van der Waals surface area contributed by atoms with Crippen molar-refractivity contribution in [2.45, 2.75) is 44.2 Å². The van der Waals surface area contributed by atoms with E-state index < -0.39 is 0 Å². The fourth-order valence-corrected chi connectivity index (χ4v) is 3.18. The van der Waals surface area contributed by atoms with Gasteiger partial charge < -0.3 is 5.32 Å². The van der Waals surface area contributed by atoms with Crippen LogP contribution in [0.25, 0.3) is 0 Å². The van der Waals surface area contributed by atoms with Crippen LogP contribution in [-0.2, 0) is 12.8 Å². The van der Waals surface area contributed by atoms with E-state index in [-0.39, 0.29) is 12.4 Å². The average molecular weight is 302 g/mol. The summed E-state index contributed by atoms with van der Waals surface area (Å²) < 4.78 is 0. The maximum atomic E-state index is 3.81. The van der Waals surface area contributed by atoms with Crippen LogP contribution in [0.1, 0.15) is 30.4 Å². The van der Waals surface area contributed by atoms with E-state index in [0.717, 1.165) is 0 Å². The van der Waals surface area contributed by atoms with Gasteiger partial charge in [0.05, 0.1) is 0 Å². The molecule has 1 nitrogen and oxygen atoms in total. The van der Waals surface area contributed by atoms with E-state index in [2.05, 4.69) is 66.0 Å². The van der Waals surface area contributed by atoms with Crippen LogP contribution in [0.3, 0.4) is 0 Å². The lowest BCUT2D eigenvalue weighted by Gasteiger charge is -2.14. The molecule has 0 aliphatic carbocycles. The predicted molar refractivity (Wildman–Crippen MR) is 92.1 cm³/mol. The van der Waals surface area contributed by atoms with Crippen molar-refractivity contribution in [3.63, 3.8) is 0 Å². The molecule has 2 aromatic rings. The minimum absolute atomic E-state index is 0. The lowest BCUT2D eigenvalue weighted by molar-refractivity contribution is 0.509. The van der Waals surface area contributed by atoms with Crippen molar-refractivity contribution in [2.24, 2.45) is 0 Å². The summed E-state index contributed by atoms with van der Waals surface area (Å²) in [5.74, 6) is 0. The molecule has 0 saturated carbocycles. The monoisotopic (exact) mass is 301 g/mol. The van der Waals surface area contributed by atoms with Gasteiger partial charge in [0.15, 0.2) is 0 Å². The highest BCUT2D eigenvalue weighted by molar-refractivity contribution is 5.85. The highest BCUT2D eigenvalue weighted by Crippen LogP contribution is 2.20. The molecule has 2 heteroatoms. The molecule has 0 spiro atoms. The molecular weight excluding hydrogens is 278 g/mol. The zero-order chi connectivity index (χ0) is 13.6. The predicted octanol–water partition coefficient (Wildman–Crippen LogP) is 4.40. The SMILES string of the molecule is Cl.c1ccc(CC[C@H]2CC[C@@H](Cc3ccccc3)N2)cc1. The Hall–Kier alpha value is -1.31. The lowest BCUT2D eigenvalue weighted by atomic mass is 10.0. The molecule has 112 valence electrons. The molecule has 1 fully saturated rings. The molecule has 0 aromatic heterocycles. The Bertz CT molecular complexity index is 512. The van der Waals surface area contributed by atoms with Crippen LogP contribution >= 0.6 is 12.4 Å². The van der Waals surface area contributed by atoms with Crippen molar-refractivity contribution in [3.8, 4) is 0 Å². The molecule has 0 bridgehead atoms. The largest absolute Gasteiger partial charge is 0.311 e. The molecule has 0 radical (unpaired) electrons. The van der Waals surface area contributed by atoms with Gasteiger partial charge in [-0.05, 0) is 43.2 Å². The number of nitrogens with one attached hydrogen (secondary N) is 1. The van der Waals surface area contributed by atoms with Gasteiger partial charge in [-0.1, -0.05) is 60.7 Å². The number of hydrogen-bond donors (Lipinski definition) is 1. The van der Waals surface area contributed by atoms with Crippen molar-refractivity contribution in [2.75, 3.05) is 0 Å². The Morgan fingerprint density at radius 3 is 2.00 bits per heavy atom. The molecule has 1 heterocycles. The first kappa shape index (κ1) is 16.1. The highest BCUT2D eigenvalue weighted by atomic mass is 35.5. The average Bonchev–Trinajstić information content (AvgIpc) is 2.95. The number of rotatable bonds is 5. The Kier molecular flexibility index (Phi) is 6.28. The Labute approximate surface area is 134 Å². The van der Waals surface area contributed by atoms with Gasteiger partial charge in [0.2, 0.25) is 0 Å². The Balaban J connectivity index is 0.00000161. The minimum Gasteiger partial charge on any atom is -0.311 e. The smallest absolute Gasteiger partial charge is 0.0111 e. The van der Waals surface area contributed by atoms with E-state index in [1.54, 1.807) is 0 Å². The molecule has 0 unspecified atom stereocenters. The van der Waals surface area contributed by atoms with Crippen LogP contribution in [0.5, 0.6) is 0 Å². The van der Waals surface area contributed by atoms with Gasteiger partial charge in [0.25, 0.3) is 0 Å². The molecule has 1 saturated heterocycles. The molecule has 21 heavy (non-hydrogen) atoms. The van der Waals surface area contributed by atoms with E-state index in [1.165, 1.54) is 43.2 Å². The van der Waals surface area contributed by atoms with Gasteiger partial charge in [-0.15, -0.1) is 12.4 Å². The summed E-state index contributed by atoms with van der Waals surface area (Å²) in [6, 6.07) is 23.0. The number of halogens is 1. The quantitative estimate of drug-likeness (QED) is 0.863. The highest BCUT2D eigenvalue weighted by Gasteiger charge is 2.23. The molecule has 0 amide bonds. The van der Waals surface area contributed by atoms with E-state index in [0.29, 0.717) is 12.1 Å². The summed E-state index contributed by atoms with van der Waals surface area (Å²) in [6.45, 7) is 0. The van der Waals surface area contributed by atoms with E-state index in [1.807, 2.05) is 0 Å². The molecule has 2 atom stereocenters. The molecule has 1 N–H and O–H groups in total. The van der Waals surface area contributed by atoms with Crippen LogP contribution in [0.4, 0.5) is 0 Å². The first-order valence-corrected chi connectivity index (χ1v) is 7.74. The van der Waals surface area contributed by atoms with Gasteiger partial charge in [-0.3, -0.25) is 0 Å². The van der Waals surface area contributed by atoms with Crippen LogP contribution in [0, 0.1) is 0 Å². The second kappa shape index (κ2) is 8.21. The topological polar surface area (TPSA) is 12.0 Å². The van der Waals surface area contributed by atoms with Crippen LogP contribution in [0.2, 0.25) is 0 Å². The van der Waals surface area contributed by atoms with Gasteiger partial charge in [0.1, 0.15) is 0 Å². The number of hydrogen-bond acceptors (Lipinski definition) is 1. The zero-order valence-corrected chi connectivity index (χ0v) is 13.2. The maximum Gasteiger partial charge on any atom is 0.0111 e. The van der Waals surface area contributed by atoms with Crippen LogP contribution < -0.4 is 5.32 Å². The summed E-state index contributed by atoms with van der Waals surface area (Å²) in [7, 11) is 0. The Morgan fingerprint density at radius 2 is 1.33 bits per heavy atom. The normalized spacial score (nSPS) is 21.0. The van der Waals surface area contributed by atoms with E-state index in [9.17, 15) is 0 Å². The minimum atomic E-state index is 0. The molecule has 3 rings (SSSR count). The van der Waals surface area contributed by atoms with Crippen molar-refractivity contribution >= 4 is 12.4 Å². The zero-order valence-electron chi connectivity index (χ0n) is 12.4. The third-order valence-corrected chi connectivity index (χ3v) is 4.28. The summed E-state index contributed by atoms with van der Waals surface area (Å²) in [6.07, 6.45) is 6.26. The van der Waals surface area contributed by atoms with Gasteiger partial charge in [-0.25, -0.2) is 0 Å². The van der Waals surface area contributed by atoms with Crippen molar-refractivity contribution in [3.05, 3.63) is 71.8 Å². The second-order valence-corrected chi connectivity index (χ2v) is 5.85. The lowest BCUT2D eigenvalue weighted by Crippen LogP contribution is -2.31. The standard InChI is InChI=1S/C19H23N.ClH/c1-3-7-16(8-4-1)11-12-18-13-14-19(20-18)15-17-9-5-2-6-10-17;/h1-10,18-20H,11-15H2;1H/t18-,19-;/m0./s1. The molecule has 1 aliphatic rings. The number of benzene rings is 2. The van der Waals surface area contributed by atoms with Crippen LogP contribution in [0.15, 0.2) is 60.7 Å². The fourth-order valence-electron chi connectivity index (χ4n) is 3.18. The molecular formula is C19H24ClN. The number of aryl methyl sites for hydroxylation is 1. The third-order valence-electron chi connectivity index (χ3n) is 4.28. The third kappa shape index (κ3) is 4.87.